The van der Waals surface area contributed by atoms with Crippen LogP contribution in [0.25, 0.3) is 10.9 Å². The van der Waals surface area contributed by atoms with Crippen LogP contribution in [0.2, 0.25) is 0 Å². The summed E-state index contributed by atoms with van der Waals surface area (Å²) < 4.78 is 11.2. The summed E-state index contributed by atoms with van der Waals surface area (Å²) in [5, 5.41) is 0.798. The number of fused-ring (bicyclic) bond motifs is 2. The van der Waals surface area contributed by atoms with Crippen molar-refractivity contribution in [2.24, 2.45) is 5.92 Å². The predicted octanol–water partition coefficient (Wildman–Crippen LogP) is 3.15. The number of hydrogen-bond donors (Lipinski definition) is 0. The number of carbonyl (C=O) groups is 2. The van der Waals surface area contributed by atoms with E-state index in [1.165, 1.54) is 0 Å². The first-order valence-electron chi connectivity index (χ1n) is 10.4. The normalized spacial score (nSPS) is 24.2. The predicted molar refractivity (Wildman–Crippen MR) is 110 cm³/mol. The molecule has 2 heterocycles. The molecular formula is C23H28N2O4. The summed E-state index contributed by atoms with van der Waals surface area (Å²) in [6.07, 6.45) is 2.71. The maximum atomic E-state index is 13.1. The Balaban J connectivity index is 1.57. The number of hydrogen-bond acceptors (Lipinski definition) is 5. The van der Waals surface area contributed by atoms with Crippen LogP contribution in [0.1, 0.15) is 48.8 Å². The monoisotopic (exact) mass is 396 g/mol. The fourth-order valence-electron chi connectivity index (χ4n) is 4.47. The number of benzene rings is 1. The van der Waals surface area contributed by atoms with Crippen molar-refractivity contribution in [3.63, 3.8) is 0 Å². The van der Waals surface area contributed by atoms with Crippen molar-refractivity contribution in [3.8, 4) is 0 Å². The lowest BCUT2D eigenvalue weighted by molar-refractivity contribution is -0.146. The highest BCUT2D eigenvalue weighted by Gasteiger charge is 2.29. The van der Waals surface area contributed by atoms with E-state index in [-0.39, 0.29) is 24.7 Å². The molecule has 1 aromatic heterocycles. The number of esters is 1. The Kier molecular flexibility index (Phi) is 5.54. The van der Waals surface area contributed by atoms with Gasteiger partial charge in [-0.05, 0) is 50.7 Å². The third kappa shape index (κ3) is 4.13. The quantitative estimate of drug-likeness (QED) is 0.746. The Morgan fingerprint density at radius 2 is 1.90 bits per heavy atom. The van der Waals surface area contributed by atoms with Crippen LogP contribution < -0.4 is 0 Å². The minimum absolute atomic E-state index is 0.0175. The number of carbonyl (C=O) groups excluding carboxylic acids is 2. The Bertz CT molecular complexity index is 932. The number of para-hydroxylation sites is 1. The SMILES string of the molecule is CC1CCc2nc3ccccc3c(C(=O)OCC(=O)N3CC(C)OC(C)C3)c2C1. The van der Waals surface area contributed by atoms with E-state index in [2.05, 4.69) is 6.92 Å². The number of morpholine rings is 1. The van der Waals surface area contributed by atoms with E-state index in [0.717, 1.165) is 41.4 Å². The van der Waals surface area contributed by atoms with Gasteiger partial charge in [-0.3, -0.25) is 9.78 Å². The van der Waals surface area contributed by atoms with E-state index >= 15 is 0 Å². The second kappa shape index (κ2) is 8.11. The van der Waals surface area contributed by atoms with Gasteiger partial charge in [-0.2, -0.15) is 0 Å². The van der Waals surface area contributed by atoms with Gasteiger partial charge in [-0.15, -0.1) is 0 Å². The molecule has 6 nitrogen and oxygen atoms in total. The number of pyridine rings is 1. The van der Waals surface area contributed by atoms with Gasteiger partial charge >= 0.3 is 5.97 Å². The first-order chi connectivity index (χ1) is 13.9. The molecule has 1 amide bonds. The number of amides is 1. The molecule has 29 heavy (non-hydrogen) atoms. The zero-order valence-corrected chi connectivity index (χ0v) is 17.3. The van der Waals surface area contributed by atoms with Gasteiger partial charge in [0.15, 0.2) is 6.61 Å². The van der Waals surface area contributed by atoms with Crippen molar-refractivity contribution < 1.29 is 19.1 Å². The largest absolute Gasteiger partial charge is 0.452 e. The van der Waals surface area contributed by atoms with Gasteiger partial charge in [0.1, 0.15) is 0 Å². The molecule has 1 aliphatic heterocycles. The molecule has 2 aliphatic rings. The Hall–Kier alpha value is -2.47. The lowest BCUT2D eigenvalue weighted by Crippen LogP contribution is -2.49. The Morgan fingerprint density at radius 1 is 1.17 bits per heavy atom. The molecule has 1 fully saturated rings. The van der Waals surface area contributed by atoms with Gasteiger partial charge in [-0.25, -0.2) is 4.79 Å². The van der Waals surface area contributed by atoms with Crippen LogP contribution in [0.4, 0.5) is 0 Å². The molecule has 0 radical (unpaired) electrons. The number of aryl methyl sites for hydroxylation is 1. The van der Waals surface area contributed by atoms with Crippen LogP contribution in [-0.4, -0.2) is 53.7 Å². The lowest BCUT2D eigenvalue weighted by Gasteiger charge is -2.35. The minimum Gasteiger partial charge on any atom is -0.452 e. The lowest BCUT2D eigenvalue weighted by atomic mass is 9.84. The molecule has 3 atom stereocenters. The van der Waals surface area contributed by atoms with Gasteiger partial charge < -0.3 is 14.4 Å². The second-order valence-corrected chi connectivity index (χ2v) is 8.41. The number of rotatable bonds is 3. The van der Waals surface area contributed by atoms with Crippen molar-refractivity contribution in [2.75, 3.05) is 19.7 Å². The van der Waals surface area contributed by atoms with Crippen LogP contribution in [0, 0.1) is 5.92 Å². The average molecular weight is 396 g/mol. The summed E-state index contributed by atoms with van der Waals surface area (Å²) in [5.74, 6) is -0.118. The summed E-state index contributed by atoms with van der Waals surface area (Å²) in [6.45, 7) is 6.87. The molecule has 0 saturated carbocycles. The summed E-state index contributed by atoms with van der Waals surface area (Å²) >= 11 is 0. The molecule has 0 bridgehead atoms. The van der Waals surface area contributed by atoms with Crippen molar-refractivity contribution >= 4 is 22.8 Å². The van der Waals surface area contributed by atoms with E-state index in [0.29, 0.717) is 24.6 Å². The van der Waals surface area contributed by atoms with Gasteiger partial charge in [0, 0.05) is 24.2 Å². The van der Waals surface area contributed by atoms with Crippen LogP contribution in [-0.2, 0) is 27.1 Å². The summed E-state index contributed by atoms with van der Waals surface area (Å²) in [7, 11) is 0. The molecule has 0 N–H and O–H groups in total. The average Bonchev–Trinajstić information content (AvgIpc) is 2.69. The summed E-state index contributed by atoms with van der Waals surface area (Å²) in [4.78, 5) is 32.2. The number of nitrogens with zero attached hydrogens (tertiary/aromatic N) is 2. The molecule has 3 unspecified atom stereocenters. The first kappa shape index (κ1) is 19.8. The molecule has 154 valence electrons. The standard InChI is InChI=1S/C23H28N2O4/c1-14-8-9-20-18(10-14)22(17-6-4-5-7-19(17)24-20)23(27)28-13-21(26)25-11-15(2)29-16(3)12-25/h4-7,14-16H,8-13H2,1-3H3. The fraction of sp³-hybridized carbons (Fsp3) is 0.522. The summed E-state index contributed by atoms with van der Waals surface area (Å²) in [6, 6.07) is 7.66. The smallest absolute Gasteiger partial charge is 0.339 e. The second-order valence-electron chi connectivity index (χ2n) is 8.41. The molecule has 4 rings (SSSR count). The van der Waals surface area contributed by atoms with Crippen molar-refractivity contribution in [1.29, 1.82) is 0 Å². The molecule has 1 aliphatic carbocycles. The zero-order chi connectivity index (χ0) is 20.5. The molecular weight excluding hydrogens is 368 g/mol. The highest BCUT2D eigenvalue weighted by Crippen LogP contribution is 2.32. The van der Waals surface area contributed by atoms with Gasteiger partial charge in [-0.1, -0.05) is 25.1 Å². The Labute approximate surface area is 171 Å². The van der Waals surface area contributed by atoms with Crippen molar-refractivity contribution in [1.82, 2.24) is 9.88 Å². The molecule has 2 aromatic rings. The molecule has 1 saturated heterocycles. The third-order valence-electron chi connectivity index (χ3n) is 5.81. The Morgan fingerprint density at radius 3 is 2.66 bits per heavy atom. The third-order valence-corrected chi connectivity index (χ3v) is 5.81. The highest BCUT2D eigenvalue weighted by atomic mass is 16.5. The minimum atomic E-state index is -0.434. The van der Waals surface area contributed by atoms with Gasteiger partial charge in [0.05, 0.1) is 23.3 Å². The highest BCUT2D eigenvalue weighted by molar-refractivity contribution is 6.05. The van der Waals surface area contributed by atoms with Crippen LogP contribution in [0.3, 0.4) is 0 Å². The van der Waals surface area contributed by atoms with Crippen LogP contribution in [0.15, 0.2) is 24.3 Å². The molecule has 1 aromatic carbocycles. The van der Waals surface area contributed by atoms with E-state index in [9.17, 15) is 9.59 Å². The topological polar surface area (TPSA) is 68.7 Å². The van der Waals surface area contributed by atoms with E-state index in [4.69, 9.17) is 14.5 Å². The molecule has 6 heteroatoms. The van der Waals surface area contributed by atoms with Gasteiger partial charge in [0.2, 0.25) is 0 Å². The molecule has 0 spiro atoms. The van der Waals surface area contributed by atoms with E-state index in [1.54, 1.807) is 4.90 Å². The number of ether oxygens (including phenoxy) is 2. The maximum Gasteiger partial charge on any atom is 0.339 e. The summed E-state index contributed by atoms with van der Waals surface area (Å²) in [5.41, 5.74) is 3.34. The van der Waals surface area contributed by atoms with Crippen molar-refractivity contribution in [2.45, 2.75) is 52.2 Å². The maximum absolute atomic E-state index is 13.1. The van der Waals surface area contributed by atoms with E-state index < -0.39 is 5.97 Å². The fourth-order valence-corrected chi connectivity index (χ4v) is 4.47. The zero-order valence-electron chi connectivity index (χ0n) is 17.3. The van der Waals surface area contributed by atoms with Crippen LogP contribution in [0.5, 0.6) is 0 Å². The van der Waals surface area contributed by atoms with Crippen LogP contribution >= 0.6 is 0 Å². The van der Waals surface area contributed by atoms with Gasteiger partial charge in [0.25, 0.3) is 5.91 Å². The first-order valence-corrected chi connectivity index (χ1v) is 10.4. The van der Waals surface area contributed by atoms with Crippen molar-refractivity contribution in [3.05, 3.63) is 41.1 Å². The number of aromatic nitrogens is 1. The van der Waals surface area contributed by atoms with E-state index in [1.807, 2.05) is 38.1 Å².